The van der Waals surface area contributed by atoms with E-state index in [9.17, 15) is 14.4 Å². The number of fused-ring (bicyclic) bond motifs is 1. The molecule has 5 rings (SSSR count). The van der Waals surface area contributed by atoms with E-state index in [-0.39, 0.29) is 28.5 Å². The molecule has 0 spiro atoms. The molecule has 2 aromatic carbocycles. The third-order valence-corrected chi connectivity index (χ3v) is 6.72. The van der Waals surface area contributed by atoms with Crippen molar-refractivity contribution in [3.63, 3.8) is 0 Å². The lowest BCUT2D eigenvalue weighted by Gasteiger charge is -2.43. The number of carbonyl (C=O) groups excluding carboxylic acids is 2. The van der Waals surface area contributed by atoms with E-state index >= 15 is 0 Å². The van der Waals surface area contributed by atoms with Crippen molar-refractivity contribution in [2.75, 3.05) is 19.1 Å². The van der Waals surface area contributed by atoms with Gasteiger partial charge in [0, 0.05) is 16.5 Å². The second-order valence-corrected chi connectivity index (χ2v) is 9.42. The summed E-state index contributed by atoms with van der Waals surface area (Å²) in [7, 11) is 3.05. The first-order chi connectivity index (χ1) is 16.2. The zero-order chi connectivity index (χ0) is 24.4. The lowest BCUT2D eigenvalue weighted by Crippen LogP contribution is -2.49. The quantitative estimate of drug-likeness (QED) is 0.319. The molecule has 3 aromatic rings. The van der Waals surface area contributed by atoms with Crippen molar-refractivity contribution in [3.05, 3.63) is 69.6 Å². The van der Waals surface area contributed by atoms with Gasteiger partial charge in [0.1, 0.15) is 11.3 Å². The maximum atomic E-state index is 13.6. The van der Waals surface area contributed by atoms with Gasteiger partial charge in [-0.15, -0.1) is 0 Å². The number of allylic oxidation sites excluding steroid dienone is 1. The summed E-state index contributed by atoms with van der Waals surface area (Å²) in [5.74, 6) is 0.369. The van der Waals surface area contributed by atoms with Gasteiger partial charge >= 0.3 is 5.63 Å². The van der Waals surface area contributed by atoms with Crippen LogP contribution in [-0.4, -0.2) is 31.4 Å². The van der Waals surface area contributed by atoms with Crippen LogP contribution < -0.4 is 20.0 Å². The van der Waals surface area contributed by atoms with Gasteiger partial charge in [0.25, 0.3) is 5.91 Å². The Kier molecular flexibility index (Phi) is 4.90. The van der Waals surface area contributed by atoms with Gasteiger partial charge in [-0.2, -0.15) is 0 Å². The number of ketones is 1. The van der Waals surface area contributed by atoms with Gasteiger partial charge < -0.3 is 18.8 Å². The van der Waals surface area contributed by atoms with Crippen LogP contribution in [0, 0.1) is 0 Å². The van der Waals surface area contributed by atoms with Gasteiger partial charge in [0.15, 0.2) is 17.1 Å². The summed E-state index contributed by atoms with van der Waals surface area (Å²) in [5.41, 5.74) is 1.61. The van der Waals surface area contributed by atoms with E-state index in [2.05, 4.69) is 6.92 Å². The van der Waals surface area contributed by atoms with Crippen molar-refractivity contribution < 1.29 is 23.5 Å². The van der Waals surface area contributed by atoms with Crippen molar-refractivity contribution in [1.82, 2.24) is 0 Å². The monoisotopic (exact) mass is 459 g/mol. The van der Waals surface area contributed by atoms with Crippen molar-refractivity contribution >= 4 is 33.9 Å². The minimum atomic E-state index is -0.786. The second-order valence-electron chi connectivity index (χ2n) is 9.42. The zero-order valence-corrected chi connectivity index (χ0v) is 19.7. The van der Waals surface area contributed by atoms with Crippen LogP contribution in [0.1, 0.15) is 54.6 Å². The van der Waals surface area contributed by atoms with Gasteiger partial charge in [0.2, 0.25) is 0 Å². The molecule has 0 radical (unpaired) electrons. The summed E-state index contributed by atoms with van der Waals surface area (Å²) in [6.07, 6.45) is 2.02. The van der Waals surface area contributed by atoms with Gasteiger partial charge in [-0.25, -0.2) is 4.79 Å². The number of rotatable bonds is 4. The second kappa shape index (κ2) is 7.58. The lowest BCUT2D eigenvalue weighted by molar-refractivity contribution is -0.114. The normalized spacial score (nSPS) is 19.4. The highest BCUT2D eigenvalue weighted by Gasteiger charge is 2.47. The van der Waals surface area contributed by atoms with E-state index in [1.165, 1.54) is 19.3 Å². The average molecular weight is 459 g/mol. The molecule has 1 unspecified atom stereocenters. The minimum Gasteiger partial charge on any atom is -0.497 e. The molecule has 0 saturated carbocycles. The van der Waals surface area contributed by atoms with Crippen LogP contribution in [0.4, 0.5) is 5.69 Å². The van der Waals surface area contributed by atoms with E-state index in [0.717, 1.165) is 17.7 Å². The number of anilines is 1. The number of benzene rings is 2. The van der Waals surface area contributed by atoms with Crippen molar-refractivity contribution in [2.45, 2.75) is 38.6 Å². The molecule has 0 fully saturated rings. The first kappa shape index (κ1) is 21.9. The fourth-order valence-corrected chi connectivity index (χ4v) is 5.24. The molecular formula is C27H25NO6. The summed E-state index contributed by atoms with van der Waals surface area (Å²) < 4.78 is 16.1. The lowest BCUT2D eigenvalue weighted by atomic mass is 9.80. The summed E-state index contributed by atoms with van der Waals surface area (Å²) >= 11 is 0. The molecular weight excluding hydrogens is 434 g/mol. The van der Waals surface area contributed by atoms with E-state index in [1.807, 2.05) is 19.9 Å². The highest BCUT2D eigenvalue weighted by atomic mass is 16.5. The van der Waals surface area contributed by atoms with Crippen LogP contribution in [0.3, 0.4) is 0 Å². The first-order valence-electron chi connectivity index (χ1n) is 11.1. The smallest absolute Gasteiger partial charge is 0.347 e. The van der Waals surface area contributed by atoms with Gasteiger partial charge in [-0.3, -0.25) is 9.59 Å². The third-order valence-electron chi connectivity index (χ3n) is 6.72. The largest absolute Gasteiger partial charge is 0.497 e. The van der Waals surface area contributed by atoms with Gasteiger partial charge in [0.05, 0.1) is 25.5 Å². The van der Waals surface area contributed by atoms with Crippen LogP contribution in [0.15, 0.2) is 51.7 Å². The Morgan fingerprint density at radius 1 is 1.15 bits per heavy atom. The van der Waals surface area contributed by atoms with Crippen LogP contribution in [0.5, 0.6) is 11.5 Å². The predicted octanol–water partition coefficient (Wildman–Crippen LogP) is 4.71. The maximum Gasteiger partial charge on any atom is 0.347 e. The molecule has 7 nitrogen and oxygen atoms in total. The zero-order valence-electron chi connectivity index (χ0n) is 19.7. The van der Waals surface area contributed by atoms with Crippen LogP contribution >= 0.6 is 0 Å². The molecule has 1 amide bonds. The molecule has 0 N–H and O–H groups in total. The van der Waals surface area contributed by atoms with E-state index in [1.54, 1.807) is 36.3 Å². The first-order valence-corrected chi connectivity index (χ1v) is 11.1. The predicted molar refractivity (Wildman–Crippen MR) is 129 cm³/mol. The Morgan fingerprint density at radius 3 is 2.62 bits per heavy atom. The molecule has 0 aliphatic carbocycles. The third kappa shape index (κ3) is 3.15. The van der Waals surface area contributed by atoms with E-state index in [4.69, 9.17) is 13.9 Å². The average Bonchev–Trinajstić information content (AvgIpc) is 3.08. The number of methoxy groups -OCH3 is 2. The summed E-state index contributed by atoms with van der Waals surface area (Å²) in [4.78, 5) is 41.3. The minimum absolute atomic E-state index is 0.147. The Morgan fingerprint density at radius 2 is 1.91 bits per heavy atom. The number of nitrogens with zero attached hydrogens (tertiary/aromatic N) is 1. The summed E-state index contributed by atoms with van der Waals surface area (Å²) in [6, 6.07) is 10.4. The van der Waals surface area contributed by atoms with Crippen LogP contribution in [0.2, 0.25) is 0 Å². The Balaban J connectivity index is 1.67. The highest BCUT2D eigenvalue weighted by Crippen LogP contribution is 2.53. The molecule has 34 heavy (non-hydrogen) atoms. The molecule has 1 aromatic heterocycles. The van der Waals surface area contributed by atoms with Crippen molar-refractivity contribution in [1.29, 1.82) is 0 Å². The fourth-order valence-electron chi connectivity index (χ4n) is 5.24. The van der Waals surface area contributed by atoms with Gasteiger partial charge in [-0.1, -0.05) is 19.1 Å². The molecule has 2 aliphatic rings. The topological polar surface area (TPSA) is 86.1 Å². The summed E-state index contributed by atoms with van der Waals surface area (Å²) in [5, 5.41) is 0.553. The number of hydrogen-bond donors (Lipinski definition) is 0. The van der Waals surface area contributed by atoms with Crippen molar-refractivity contribution in [2.24, 2.45) is 0 Å². The van der Waals surface area contributed by atoms with E-state index in [0.29, 0.717) is 22.4 Å². The standard InChI is InChI=1S/C27H25NO6/c1-14-13-27(2,3)28-23-17(14)10-16(32-4)11-18(23)19(25(28)30)12-21(29)20-9-15-7-6-8-22(33-5)24(15)34-26(20)31/h6-12,14H,13H2,1-5H3/b19-12+. The number of para-hydroxylation sites is 1. The number of ether oxygens (including phenoxy) is 2. The molecule has 2 aliphatic heterocycles. The molecule has 174 valence electrons. The number of carbonyl (C=O) groups is 2. The van der Waals surface area contributed by atoms with Crippen LogP contribution in [-0.2, 0) is 4.79 Å². The van der Waals surface area contributed by atoms with Crippen LogP contribution in [0.25, 0.3) is 16.5 Å². The summed E-state index contributed by atoms with van der Waals surface area (Å²) in [6.45, 7) is 6.17. The molecule has 3 heterocycles. The van der Waals surface area contributed by atoms with Crippen molar-refractivity contribution in [3.8, 4) is 11.5 Å². The fraction of sp³-hybridized carbons (Fsp3) is 0.296. The van der Waals surface area contributed by atoms with E-state index < -0.39 is 16.9 Å². The maximum absolute atomic E-state index is 13.6. The Bertz CT molecular complexity index is 1460. The molecule has 0 bridgehead atoms. The number of amides is 1. The number of hydrogen-bond acceptors (Lipinski definition) is 6. The Hall–Kier alpha value is -3.87. The highest BCUT2D eigenvalue weighted by molar-refractivity contribution is 6.36. The Labute approximate surface area is 196 Å². The SMILES string of the molecule is COc1cc2c3c(c1)C(C)CC(C)(C)N3C(=O)/C2=C/C(=O)c1cc2cccc(OC)c2oc1=O. The molecule has 0 saturated heterocycles. The molecule has 1 atom stereocenters. The molecule has 7 heteroatoms. The van der Waals surface area contributed by atoms with Gasteiger partial charge in [-0.05, 0) is 62.1 Å².